The van der Waals surface area contributed by atoms with E-state index in [1.807, 2.05) is 0 Å². The Bertz CT molecular complexity index is 2110. The Morgan fingerprint density at radius 3 is 1.81 bits per heavy atom. The summed E-state index contributed by atoms with van der Waals surface area (Å²) < 4.78 is 0. The van der Waals surface area contributed by atoms with Gasteiger partial charge in [-0.2, -0.15) is 0 Å². The Morgan fingerprint density at radius 1 is 0.405 bits per heavy atom. The first-order valence-electron chi connectivity index (χ1n) is 14.7. The van der Waals surface area contributed by atoms with Crippen LogP contribution in [0.2, 0.25) is 0 Å². The molecule has 200 valence electrons. The maximum atomic E-state index is 2.49. The van der Waals surface area contributed by atoms with Crippen LogP contribution >= 0.6 is 0 Å². The van der Waals surface area contributed by atoms with Crippen LogP contribution in [0.3, 0.4) is 0 Å². The Kier molecular flexibility index (Phi) is 5.55. The molecule has 0 bridgehead atoms. The van der Waals surface area contributed by atoms with E-state index < -0.39 is 0 Å². The van der Waals surface area contributed by atoms with Crippen molar-refractivity contribution >= 4 is 38.6 Å². The van der Waals surface area contributed by atoms with Gasteiger partial charge in [-0.1, -0.05) is 141 Å². The van der Waals surface area contributed by atoms with E-state index in [0.29, 0.717) is 0 Å². The molecule has 1 aliphatic rings. The van der Waals surface area contributed by atoms with Crippen LogP contribution in [0.1, 0.15) is 25.0 Å². The van der Waals surface area contributed by atoms with Crippen LogP contribution in [-0.4, -0.2) is 0 Å². The van der Waals surface area contributed by atoms with Gasteiger partial charge in [-0.3, -0.25) is 0 Å². The van der Waals surface area contributed by atoms with E-state index in [9.17, 15) is 0 Å². The van der Waals surface area contributed by atoms with E-state index in [1.165, 1.54) is 66.3 Å². The SMILES string of the molecule is CC1(C)c2ccccc2-c2c(N(c3ccccc3)c3ccc4ccccc4c3-c3cccc4ccccc34)cccc21. The van der Waals surface area contributed by atoms with E-state index in [0.717, 1.165) is 5.69 Å². The third-order valence-electron chi connectivity index (χ3n) is 9.05. The van der Waals surface area contributed by atoms with Crippen molar-refractivity contribution in [2.45, 2.75) is 19.3 Å². The van der Waals surface area contributed by atoms with Gasteiger partial charge in [0, 0.05) is 22.2 Å². The minimum Gasteiger partial charge on any atom is -0.309 e. The summed E-state index contributed by atoms with van der Waals surface area (Å²) in [6.07, 6.45) is 0. The zero-order valence-corrected chi connectivity index (χ0v) is 23.9. The van der Waals surface area contributed by atoms with Gasteiger partial charge in [0.1, 0.15) is 0 Å². The molecule has 0 spiro atoms. The highest BCUT2D eigenvalue weighted by Gasteiger charge is 2.38. The van der Waals surface area contributed by atoms with Crippen molar-refractivity contribution in [2.75, 3.05) is 4.90 Å². The summed E-state index contributed by atoms with van der Waals surface area (Å²) in [4.78, 5) is 2.49. The van der Waals surface area contributed by atoms with Crippen molar-refractivity contribution in [2.24, 2.45) is 0 Å². The fraction of sp³-hybridized carbons (Fsp3) is 0.0732. The molecule has 0 aliphatic heterocycles. The third-order valence-corrected chi connectivity index (χ3v) is 9.05. The van der Waals surface area contributed by atoms with Gasteiger partial charge in [0.2, 0.25) is 0 Å². The Morgan fingerprint density at radius 2 is 0.976 bits per heavy atom. The van der Waals surface area contributed by atoms with Crippen LogP contribution in [0.5, 0.6) is 0 Å². The zero-order chi connectivity index (χ0) is 28.3. The molecule has 1 aliphatic carbocycles. The van der Waals surface area contributed by atoms with Crippen molar-refractivity contribution < 1.29 is 0 Å². The molecule has 1 heteroatoms. The maximum absolute atomic E-state index is 2.49. The summed E-state index contributed by atoms with van der Waals surface area (Å²) in [7, 11) is 0. The Balaban J connectivity index is 1.50. The maximum Gasteiger partial charge on any atom is 0.0546 e. The number of anilines is 3. The van der Waals surface area contributed by atoms with Gasteiger partial charge >= 0.3 is 0 Å². The highest BCUT2D eigenvalue weighted by Crippen LogP contribution is 2.55. The van der Waals surface area contributed by atoms with E-state index >= 15 is 0 Å². The van der Waals surface area contributed by atoms with E-state index in [4.69, 9.17) is 0 Å². The zero-order valence-electron chi connectivity index (χ0n) is 23.9. The van der Waals surface area contributed by atoms with Crippen molar-refractivity contribution in [3.05, 3.63) is 163 Å². The van der Waals surface area contributed by atoms with Gasteiger partial charge in [-0.05, 0) is 68.1 Å². The van der Waals surface area contributed by atoms with Gasteiger partial charge in [0.25, 0.3) is 0 Å². The molecule has 0 saturated heterocycles. The summed E-state index contributed by atoms with van der Waals surface area (Å²) in [5, 5.41) is 4.99. The molecule has 0 aromatic heterocycles. The molecule has 8 rings (SSSR count). The highest BCUT2D eigenvalue weighted by atomic mass is 15.1. The quantitative estimate of drug-likeness (QED) is 0.216. The van der Waals surface area contributed by atoms with Gasteiger partial charge in [0.15, 0.2) is 0 Å². The predicted octanol–water partition coefficient (Wildman–Crippen LogP) is 11.4. The molecule has 0 radical (unpaired) electrons. The van der Waals surface area contributed by atoms with E-state index in [-0.39, 0.29) is 5.41 Å². The van der Waals surface area contributed by atoms with Gasteiger partial charge in [-0.15, -0.1) is 0 Å². The molecule has 7 aromatic carbocycles. The van der Waals surface area contributed by atoms with Crippen molar-refractivity contribution in [1.82, 2.24) is 0 Å². The Hall–Kier alpha value is -5.14. The smallest absolute Gasteiger partial charge is 0.0546 e. The molecular formula is C41H31N. The second kappa shape index (κ2) is 9.46. The molecule has 0 heterocycles. The van der Waals surface area contributed by atoms with Gasteiger partial charge < -0.3 is 4.90 Å². The summed E-state index contributed by atoms with van der Waals surface area (Å²) in [5.41, 5.74) is 11.3. The standard InChI is InChI=1S/C41H31N/c1-41(2)35-23-11-10-21-34(35)40-36(41)24-13-25-37(40)42(30-17-4-3-5-18-30)38-27-26-29-15-7-9-20-32(29)39(38)33-22-12-16-28-14-6-8-19-31(28)33/h3-27H,1-2H3. The Labute approximate surface area is 247 Å². The fourth-order valence-corrected chi connectivity index (χ4v) is 7.08. The van der Waals surface area contributed by atoms with Crippen LogP contribution < -0.4 is 4.90 Å². The summed E-state index contributed by atoms with van der Waals surface area (Å²) in [5.74, 6) is 0. The van der Waals surface area contributed by atoms with Gasteiger partial charge in [0.05, 0.1) is 11.4 Å². The molecule has 0 saturated carbocycles. The lowest BCUT2D eigenvalue weighted by Crippen LogP contribution is -2.16. The summed E-state index contributed by atoms with van der Waals surface area (Å²) >= 11 is 0. The number of hydrogen-bond acceptors (Lipinski definition) is 1. The van der Waals surface area contributed by atoms with Crippen LogP contribution in [0, 0.1) is 0 Å². The molecule has 7 aromatic rings. The lowest BCUT2D eigenvalue weighted by atomic mass is 9.82. The van der Waals surface area contributed by atoms with Crippen molar-refractivity contribution in [1.29, 1.82) is 0 Å². The molecule has 0 fully saturated rings. The predicted molar refractivity (Wildman–Crippen MR) is 179 cm³/mol. The molecule has 0 N–H and O–H groups in total. The molecule has 0 amide bonds. The summed E-state index contributed by atoms with van der Waals surface area (Å²) in [6.45, 7) is 4.71. The first-order chi connectivity index (χ1) is 20.6. The van der Waals surface area contributed by atoms with Crippen molar-refractivity contribution in [3.8, 4) is 22.3 Å². The fourth-order valence-electron chi connectivity index (χ4n) is 7.08. The molecule has 42 heavy (non-hydrogen) atoms. The van der Waals surface area contributed by atoms with Crippen LogP contribution in [-0.2, 0) is 5.41 Å². The molecule has 0 unspecified atom stereocenters. The van der Waals surface area contributed by atoms with Crippen LogP contribution in [0.4, 0.5) is 17.1 Å². The number of para-hydroxylation sites is 1. The molecular weight excluding hydrogens is 506 g/mol. The second-order valence-corrected chi connectivity index (χ2v) is 11.7. The first-order valence-corrected chi connectivity index (χ1v) is 14.7. The minimum absolute atomic E-state index is 0.0772. The number of fused-ring (bicyclic) bond motifs is 5. The topological polar surface area (TPSA) is 3.24 Å². The second-order valence-electron chi connectivity index (χ2n) is 11.7. The highest BCUT2D eigenvalue weighted by molar-refractivity contribution is 6.12. The lowest BCUT2D eigenvalue weighted by Gasteiger charge is -2.31. The van der Waals surface area contributed by atoms with Crippen molar-refractivity contribution in [3.63, 3.8) is 0 Å². The number of hydrogen-bond donors (Lipinski definition) is 0. The summed E-state index contributed by atoms with van der Waals surface area (Å²) in [6, 6.07) is 55.4. The van der Waals surface area contributed by atoms with Gasteiger partial charge in [-0.25, -0.2) is 0 Å². The molecule has 0 atom stereocenters. The number of rotatable bonds is 4. The largest absolute Gasteiger partial charge is 0.309 e. The first kappa shape index (κ1) is 24.6. The number of benzene rings is 7. The van der Waals surface area contributed by atoms with Crippen LogP contribution in [0.25, 0.3) is 43.8 Å². The average molecular weight is 538 g/mol. The average Bonchev–Trinajstić information content (AvgIpc) is 3.28. The van der Waals surface area contributed by atoms with E-state index in [2.05, 4.69) is 170 Å². The van der Waals surface area contributed by atoms with E-state index in [1.54, 1.807) is 0 Å². The minimum atomic E-state index is -0.0772. The van der Waals surface area contributed by atoms with Crippen LogP contribution in [0.15, 0.2) is 152 Å². The molecule has 1 nitrogen and oxygen atoms in total. The number of nitrogens with zero attached hydrogens (tertiary/aromatic N) is 1. The lowest BCUT2D eigenvalue weighted by molar-refractivity contribution is 0.660. The monoisotopic (exact) mass is 537 g/mol. The third kappa shape index (κ3) is 3.63. The normalized spacial score (nSPS) is 13.2.